The Kier molecular flexibility index (Phi) is 21.9. The fourth-order valence-corrected chi connectivity index (χ4v) is 21.2. The van der Waals surface area contributed by atoms with Crippen LogP contribution < -0.4 is 28.7 Å². The summed E-state index contributed by atoms with van der Waals surface area (Å²) in [5, 5.41) is 0.918. The Morgan fingerprint density at radius 3 is 0.792 bits per heavy atom. The van der Waals surface area contributed by atoms with E-state index in [9.17, 15) is 0 Å². The van der Waals surface area contributed by atoms with Crippen LogP contribution in [0, 0.1) is 0 Å². The molecule has 2 aliphatic heterocycles. The van der Waals surface area contributed by atoms with Gasteiger partial charge in [-0.2, -0.15) is 0 Å². The maximum Gasteiger partial charge on any atom is 0.266 e. The SMILES string of the molecule is C=S(=O)(CCCCCC)c1cccc(S(=O)(=O)CCCCCC)c1N1C(=O)c2cc(Oc3ccccc3)c3c4c(Oc5ccccc5)cc5c6c(cc(Oc7ccccc7)c(c7c(Oc8ccccc8)cc(c2c37)C1=O)c64)C(=O)N(c1c(S(=O)(=O)CCCCCC)cccc1S(=O)(=O)CCCCCC)C5=O. The molecule has 1 atom stereocenters. The number of anilines is 2. The molecule has 17 nitrogen and oxygen atoms in total. The number of hydrogen-bond acceptors (Lipinski definition) is 15. The minimum absolute atomic E-state index is 0.00107. The Bertz CT molecular complexity index is 5020. The summed E-state index contributed by atoms with van der Waals surface area (Å²) in [6.45, 7) is 8.02. The highest BCUT2D eigenvalue weighted by Gasteiger charge is 2.46. The van der Waals surface area contributed by atoms with Gasteiger partial charge in [-0.15, -0.1) is 0 Å². The predicted octanol–water partition coefficient (Wildman–Crippen LogP) is 20.2. The minimum atomic E-state index is -4.47. The van der Waals surface area contributed by atoms with E-state index in [-0.39, 0.29) is 158 Å². The molecule has 106 heavy (non-hydrogen) atoms. The molecule has 11 aromatic rings. The Morgan fingerprint density at radius 2 is 0.528 bits per heavy atom. The summed E-state index contributed by atoms with van der Waals surface area (Å²) in [5.41, 5.74) is -1.76. The number of nitrogens with zero attached hydrogens (tertiary/aromatic N) is 2. The van der Waals surface area contributed by atoms with E-state index in [0.29, 0.717) is 37.0 Å². The van der Waals surface area contributed by atoms with Gasteiger partial charge in [-0.1, -0.05) is 190 Å². The molecular weight excluding hydrogens is 1420 g/mol. The lowest BCUT2D eigenvalue weighted by Gasteiger charge is -2.34. The number of para-hydroxylation sites is 6. The Hall–Kier alpha value is -9.93. The van der Waals surface area contributed by atoms with Crippen LogP contribution in [0.25, 0.3) is 43.1 Å². The van der Waals surface area contributed by atoms with E-state index in [0.717, 1.165) is 56.3 Å². The zero-order valence-electron chi connectivity index (χ0n) is 59.8. The van der Waals surface area contributed by atoms with Crippen LogP contribution in [-0.4, -0.2) is 82.0 Å². The number of amides is 4. The second kappa shape index (κ2) is 31.3. The first-order valence-corrected chi connectivity index (χ1v) is 43.3. The average Bonchev–Trinajstić information content (AvgIpc) is 0.668. The Balaban J connectivity index is 1.19. The normalized spacial score (nSPS) is 13.9. The maximum absolute atomic E-state index is 16.7. The van der Waals surface area contributed by atoms with Gasteiger partial charge in [-0.25, -0.2) is 35.1 Å². The summed E-state index contributed by atoms with van der Waals surface area (Å²) >= 11 is 0. The van der Waals surface area contributed by atoms with Crippen LogP contribution in [0.4, 0.5) is 11.4 Å². The van der Waals surface area contributed by atoms with Gasteiger partial charge in [0.2, 0.25) is 0 Å². The van der Waals surface area contributed by atoms with E-state index in [1.165, 1.54) is 60.7 Å². The third kappa shape index (κ3) is 14.4. The lowest BCUT2D eigenvalue weighted by Crippen LogP contribution is -2.42. The Morgan fingerprint density at radius 1 is 0.283 bits per heavy atom. The topological polar surface area (TPSA) is 231 Å². The van der Waals surface area contributed by atoms with E-state index >= 15 is 48.6 Å². The third-order valence-electron chi connectivity index (χ3n) is 19.7. The Labute approximate surface area is 619 Å². The quantitative estimate of drug-likeness (QED) is 0.0120. The first kappa shape index (κ1) is 74.3. The van der Waals surface area contributed by atoms with Gasteiger partial charge in [-0.3, -0.25) is 23.4 Å². The van der Waals surface area contributed by atoms with Crippen molar-refractivity contribution in [2.24, 2.45) is 0 Å². The molecule has 1 unspecified atom stereocenters. The highest BCUT2D eigenvalue weighted by Crippen LogP contribution is 2.59. The molecular formula is C85H84N2O15S4. The van der Waals surface area contributed by atoms with Gasteiger partial charge in [0.1, 0.15) is 46.0 Å². The van der Waals surface area contributed by atoms with Crippen molar-refractivity contribution in [1.82, 2.24) is 0 Å². The van der Waals surface area contributed by atoms with Crippen molar-refractivity contribution < 1.29 is 67.6 Å². The molecule has 0 aromatic heterocycles. The second-order valence-corrected chi connectivity index (χ2v) is 35.9. The lowest BCUT2D eigenvalue weighted by molar-refractivity contribution is 0.0876. The van der Waals surface area contributed by atoms with Gasteiger partial charge in [0.25, 0.3) is 23.6 Å². The molecule has 21 heteroatoms. The van der Waals surface area contributed by atoms with Crippen molar-refractivity contribution >= 4 is 123 Å². The largest absolute Gasteiger partial charge is 0.457 e. The summed E-state index contributed by atoms with van der Waals surface area (Å²) in [5.74, 6) is -0.361. The lowest BCUT2D eigenvalue weighted by atomic mass is 9.80. The number of carbonyl (C=O) groups excluding carboxylic acids is 4. The molecule has 0 N–H and O–H groups in total. The summed E-state index contributed by atoms with van der Waals surface area (Å²) in [7, 11) is -16.8. The van der Waals surface area contributed by atoms with Gasteiger partial charge < -0.3 is 18.9 Å². The first-order valence-electron chi connectivity index (χ1n) is 36.5. The van der Waals surface area contributed by atoms with E-state index in [1.54, 1.807) is 121 Å². The van der Waals surface area contributed by atoms with Crippen LogP contribution in [0.1, 0.15) is 172 Å². The van der Waals surface area contributed by atoms with Crippen LogP contribution in [0.5, 0.6) is 46.0 Å². The molecule has 4 amide bonds. The smallest absolute Gasteiger partial charge is 0.266 e. The highest BCUT2D eigenvalue weighted by atomic mass is 32.2. The highest BCUT2D eigenvalue weighted by molar-refractivity contribution is 8.00. The maximum atomic E-state index is 16.7. The van der Waals surface area contributed by atoms with Crippen molar-refractivity contribution in [2.75, 3.05) is 32.8 Å². The number of imide groups is 2. The zero-order valence-corrected chi connectivity index (χ0v) is 63.1. The average molecular weight is 1500 g/mol. The summed E-state index contributed by atoms with van der Waals surface area (Å²) in [6, 6.07) is 48.3. The van der Waals surface area contributed by atoms with E-state index < -0.39 is 89.6 Å². The molecule has 0 saturated carbocycles. The van der Waals surface area contributed by atoms with Crippen LogP contribution in [0.2, 0.25) is 0 Å². The number of hydrogen-bond donors (Lipinski definition) is 0. The number of carbonyl (C=O) groups is 4. The van der Waals surface area contributed by atoms with E-state index in [1.807, 2.05) is 27.7 Å². The molecule has 2 heterocycles. The molecule has 0 bridgehead atoms. The summed E-state index contributed by atoms with van der Waals surface area (Å²) < 4.78 is 135. The second-order valence-electron chi connectivity index (χ2n) is 27.2. The minimum Gasteiger partial charge on any atom is -0.457 e. The summed E-state index contributed by atoms with van der Waals surface area (Å²) in [4.78, 5) is 66.7. The number of ether oxygens (including phenoxy) is 4. The molecule has 0 spiro atoms. The predicted molar refractivity (Wildman–Crippen MR) is 420 cm³/mol. The van der Waals surface area contributed by atoms with Crippen molar-refractivity contribution in [3.63, 3.8) is 0 Å². The van der Waals surface area contributed by atoms with E-state index in [4.69, 9.17) is 18.9 Å². The molecule has 13 rings (SSSR count). The molecule has 11 aromatic carbocycles. The number of fused-ring (bicyclic) bond motifs is 2. The number of sulfone groups is 3. The van der Waals surface area contributed by atoms with Gasteiger partial charge in [0.05, 0.1) is 70.5 Å². The monoisotopic (exact) mass is 1500 g/mol. The zero-order chi connectivity index (χ0) is 74.7. The van der Waals surface area contributed by atoms with Crippen LogP contribution in [0.15, 0.2) is 202 Å². The number of unbranched alkanes of at least 4 members (excludes halogenated alkanes) is 12. The van der Waals surface area contributed by atoms with Crippen LogP contribution in [0.3, 0.4) is 0 Å². The molecule has 2 aliphatic rings. The number of rotatable bonds is 34. The van der Waals surface area contributed by atoms with Crippen molar-refractivity contribution in [3.05, 3.63) is 204 Å². The van der Waals surface area contributed by atoms with Crippen LogP contribution in [-0.2, 0) is 39.0 Å². The first-order chi connectivity index (χ1) is 51.1. The van der Waals surface area contributed by atoms with Crippen molar-refractivity contribution in [3.8, 4) is 46.0 Å². The van der Waals surface area contributed by atoms with Crippen molar-refractivity contribution in [1.29, 1.82) is 0 Å². The molecule has 0 aliphatic carbocycles. The van der Waals surface area contributed by atoms with Gasteiger partial charge in [0, 0.05) is 48.8 Å². The molecule has 548 valence electrons. The van der Waals surface area contributed by atoms with Crippen LogP contribution >= 0.6 is 0 Å². The number of benzene rings is 11. The van der Waals surface area contributed by atoms with Gasteiger partial charge >= 0.3 is 0 Å². The van der Waals surface area contributed by atoms with Gasteiger partial charge in [-0.05, 0) is 138 Å². The standard InChI is InChI=1S/C85H84N2O15S4/c1-6-10-14-30-48-103(5,92)68-44-34-45-69(104(93,94)49-31-15-11-7-2)80(68)86-82(88)60-52-64(99-56-36-22-18-23-37-56)74-76-66(101-58-40-26-20-27-41-58)54-62-73-63(85(91)87(84(62)90)81-70(105(95,96)50-32-16-12-8-3)46-35-47-71(81)106(97,98)51-33-17-13-9-4)55-67(102-59-42-28-21-29-43-59)77(79(73)76)75-65(100-57-38-24-19-25-39-57)53-61(83(86)89)72(60)78(74)75/h18-29,34-47,52-55H,5-17,30-33,48-51H2,1-4H3. The summed E-state index contributed by atoms with van der Waals surface area (Å²) in [6.07, 6.45) is 9.81. The third-order valence-corrected chi connectivity index (χ3v) is 27.2. The molecule has 0 radical (unpaired) electrons. The molecule has 0 fully saturated rings. The van der Waals surface area contributed by atoms with E-state index in [2.05, 4.69) is 5.87 Å². The fraction of sp³-hybridized carbons (Fsp3) is 0.282. The van der Waals surface area contributed by atoms with Gasteiger partial charge in [0.15, 0.2) is 29.5 Å². The molecule has 0 saturated heterocycles. The van der Waals surface area contributed by atoms with Crippen molar-refractivity contribution in [2.45, 2.75) is 150 Å². The fourth-order valence-electron chi connectivity index (χ4n) is 14.6.